The van der Waals surface area contributed by atoms with Gasteiger partial charge >= 0.3 is 10.4 Å². The number of ether oxygens (including phenoxy) is 2. The fourth-order valence-corrected chi connectivity index (χ4v) is 3.90. The van der Waals surface area contributed by atoms with Crippen LogP contribution in [0.3, 0.4) is 0 Å². The lowest BCUT2D eigenvalue weighted by atomic mass is 10.0. The van der Waals surface area contributed by atoms with E-state index in [0.29, 0.717) is 13.2 Å². The summed E-state index contributed by atoms with van der Waals surface area (Å²) in [5.41, 5.74) is 0. The molecule has 0 aliphatic heterocycles. The summed E-state index contributed by atoms with van der Waals surface area (Å²) in [4.78, 5) is 0. The van der Waals surface area contributed by atoms with Crippen molar-refractivity contribution in [1.29, 1.82) is 0 Å². The molecule has 0 heterocycles. The maximum Gasteiger partial charge on any atom is 0.397 e. The maximum absolute atomic E-state index is 10.3. The quantitative estimate of drug-likeness (QED) is 0.110. The van der Waals surface area contributed by atoms with E-state index >= 15 is 0 Å². The van der Waals surface area contributed by atoms with Crippen molar-refractivity contribution >= 4 is 10.4 Å². The van der Waals surface area contributed by atoms with Crippen LogP contribution in [0.2, 0.25) is 0 Å². The van der Waals surface area contributed by atoms with E-state index in [1.807, 2.05) is 0 Å². The van der Waals surface area contributed by atoms with Crippen molar-refractivity contribution in [2.75, 3.05) is 33.0 Å². The van der Waals surface area contributed by atoms with Gasteiger partial charge in [-0.2, -0.15) is 8.42 Å². The zero-order valence-electron chi connectivity index (χ0n) is 20.2. The minimum absolute atomic E-state index is 0.113. The lowest BCUT2D eigenvalue weighted by Crippen LogP contribution is -2.12. The molecule has 6 nitrogen and oxygen atoms in total. The molecule has 0 unspecified atom stereocenters. The average molecular weight is 467 g/mol. The second kappa shape index (κ2) is 24.4. The van der Waals surface area contributed by atoms with Crippen molar-refractivity contribution in [3.8, 4) is 0 Å². The van der Waals surface area contributed by atoms with Gasteiger partial charge in [0.15, 0.2) is 0 Å². The van der Waals surface area contributed by atoms with Gasteiger partial charge in [0.2, 0.25) is 0 Å². The molecule has 31 heavy (non-hydrogen) atoms. The molecular weight excluding hydrogens is 416 g/mol. The highest BCUT2D eigenvalue weighted by atomic mass is 32.3. The molecule has 0 saturated heterocycles. The first-order chi connectivity index (χ1) is 15.1. The monoisotopic (exact) mass is 466 g/mol. The second-order valence-electron chi connectivity index (χ2n) is 8.48. The van der Waals surface area contributed by atoms with Gasteiger partial charge in [-0.05, 0) is 6.42 Å². The molecule has 0 aromatic heterocycles. The van der Waals surface area contributed by atoms with Crippen molar-refractivity contribution in [2.24, 2.45) is 0 Å². The Kier molecular flexibility index (Phi) is 24.3. The highest BCUT2D eigenvalue weighted by molar-refractivity contribution is 7.80. The molecule has 0 amide bonds. The van der Waals surface area contributed by atoms with E-state index in [2.05, 4.69) is 11.1 Å². The van der Waals surface area contributed by atoms with Crippen LogP contribution in [0.25, 0.3) is 0 Å². The SMILES string of the molecule is CCCCCCCCCCCCCCCCCCCCOCCOCCOS(=O)(=O)O. The lowest BCUT2D eigenvalue weighted by molar-refractivity contribution is 0.0346. The van der Waals surface area contributed by atoms with E-state index in [9.17, 15) is 8.42 Å². The minimum Gasteiger partial charge on any atom is -0.379 e. The van der Waals surface area contributed by atoms with Gasteiger partial charge in [-0.3, -0.25) is 4.55 Å². The molecular formula is C24H50O6S. The van der Waals surface area contributed by atoms with Crippen molar-refractivity contribution in [2.45, 2.75) is 122 Å². The molecule has 0 aliphatic carbocycles. The Bertz CT molecular complexity index is 441. The summed E-state index contributed by atoms with van der Waals surface area (Å²) in [5, 5.41) is 0. The van der Waals surface area contributed by atoms with Crippen molar-refractivity contribution in [1.82, 2.24) is 0 Å². The van der Waals surface area contributed by atoms with Crippen LogP contribution in [0.4, 0.5) is 0 Å². The van der Waals surface area contributed by atoms with E-state index < -0.39 is 10.4 Å². The molecule has 0 fully saturated rings. The molecule has 0 saturated carbocycles. The normalized spacial score (nSPS) is 11.9. The van der Waals surface area contributed by atoms with Crippen LogP contribution in [0.15, 0.2) is 0 Å². The van der Waals surface area contributed by atoms with E-state index in [1.54, 1.807) is 0 Å². The third-order valence-electron chi connectivity index (χ3n) is 5.47. The van der Waals surface area contributed by atoms with Crippen molar-refractivity contribution in [3.63, 3.8) is 0 Å². The number of rotatable bonds is 26. The fraction of sp³-hybridized carbons (Fsp3) is 1.00. The Morgan fingerprint density at radius 1 is 0.484 bits per heavy atom. The smallest absolute Gasteiger partial charge is 0.379 e. The van der Waals surface area contributed by atoms with Crippen LogP contribution in [0.5, 0.6) is 0 Å². The van der Waals surface area contributed by atoms with E-state index in [-0.39, 0.29) is 13.2 Å². The third kappa shape index (κ3) is 29.8. The van der Waals surface area contributed by atoms with Crippen molar-refractivity contribution in [3.05, 3.63) is 0 Å². The molecule has 0 aliphatic rings. The summed E-state index contributed by atoms with van der Waals surface area (Å²) < 4.78 is 43.8. The Hall–Kier alpha value is -0.210. The van der Waals surface area contributed by atoms with Gasteiger partial charge in [-0.25, -0.2) is 4.18 Å². The highest BCUT2D eigenvalue weighted by Gasteiger charge is 2.02. The number of hydrogen-bond acceptors (Lipinski definition) is 5. The van der Waals surface area contributed by atoms with Crippen molar-refractivity contribution < 1.29 is 26.6 Å². The minimum atomic E-state index is -4.36. The van der Waals surface area contributed by atoms with Crippen LogP contribution in [-0.4, -0.2) is 46.0 Å². The number of unbranched alkanes of at least 4 members (excludes halogenated alkanes) is 17. The summed E-state index contributed by atoms with van der Waals surface area (Å²) in [6.07, 6.45) is 24.7. The lowest BCUT2D eigenvalue weighted by Gasteiger charge is -2.06. The van der Waals surface area contributed by atoms with Gasteiger partial charge in [0, 0.05) is 6.61 Å². The summed E-state index contributed by atoms with van der Waals surface area (Å²) in [7, 11) is -4.36. The predicted octanol–water partition coefficient (Wildman–Crippen LogP) is 6.88. The first-order valence-corrected chi connectivity index (χ1v) is 14.2. The molecule has 188 valence electrons. The van der Waals surface area contributed by atoms with Crippen LogP contribution in [0.1, 0.15) is 122 Å². The zero-order valence-corrected chi connectivity index (χ0v) is 21.0. The molecule has 7 heteroatoms. The van der Waals surface area contributed by atoms with Crippen LogP contribution in [-0.2, 0) is 24.1 Å². The van der Waals surface area contributed by atoms with Gasteiger partial charge < -0.3 is 9.47 Å². The third-order valence-corrected chi connectivity index (χ3v) is 5.94. The van der Waals surface area contributed by atoms with Gasteiger partial charge in [-0.15, -0.1) is 0 Å². The summed E-state index contributed by atoms with van der Waals surface area (Å²) in [5.74, 6) is 0. The van der Waals surface area contributed by atoms with Gasteiger partial charge in [0.1, 0.15) is 0 Å². The van der Waals surface area contributed by atoms with Gasteiger partial charge in [0.05, 0.1) is 26.4 Å². The van der Waals surface area contributed by atoms with Gasteiger partial charge in [0.25, 0.3) is 0 Å². The fourth-order valence-electron chi connectivity index (χ4n) is 3.63. The van der Waals surface area contributed by atoms with E-state index in [4.69, 9.17) is 14.0 Å². The Labute approximate surface area is 192 Å². The second-order valence-corrected chi connectivity index (χ2v) is 9.58. The molecule has 0 spiro atoms. The molecule has 0 radical (unpaired) electrons. The summed E-state index contributed by atoms with van der Waals surface area (Å²) >= 11 is 0. The standard InChI is InChI=1S/C24H50O6S/c1-2-3-4-5-6-7-8-9-10-11-12-13-14-15-16-17-18-19-20-28-21-22-29-23-24-30-31(25,26)27/h2-24H2,1H3,(H,25,26,27). The molecule has 0 atom stereocenters. The number of hydrogen-bond donors (Lipinski definition) is 1. The maximum atomic E-state index is 10.3. The molecule has 1 N–H and O–H groups in total. The zero-order chi connectivity index (χ0) is 22.9. The van der Waals surface area contributed by atoms with E-state index in [0.717, 1.165) is 13.0 Å². The topological polar surface area (TPSA) is 82.1 Å². The Morgan fingerprint density at radius 3 is 1.19 bits per heavy atom. The average Bonchev–Trinajstić information content (AvgIpc) is 2.73. The summed E-state index contributed by atoms with van der Waals surface area (Å²) in [6, 6.07) is 0. The van der Waals surface area contributed by atoms with Crippen LogP contribution >= 0.6 is 0 Å². The molecule has 0 rings (SSSR count). The first kappa shape index (κ1) is 30.8. The highest BCUT2D eigenvalue weighted by Crippen LogP contribution is 2.14. The van der Waals surface area contributed by atoms with Crippen LogP contribution < -0.4 is 0 Å². The largest absolute Gasteiger partial charge is 0.397 e. The molecule has 0 aromatic rings. The first-order valence-electron chi connectivity index (χ1n) is 12.8. The Balaban J connectivity index is 3.04. The molecule has 0 aromatic carbocycles. The van der Waals surface area contributed by atoms with E-state index in [1.165, 1.54) is 109 Å². The van der Waals surface area contributed by atoms with Gasteiger partial charge in [-0.1, -0.05) is 116 Å². The van der Waals surface area contributed by atoms with Crippen LogP contribution in [0, 0.1) is 0 Å². The predicted molar refractivity (Wildman–Crippen MR) is 128 cm³/mol. The molecule has 0 bridgehead atoms. The summed E-state index contributed by atoms with van der Waals surface area (Å²) in [6.45, 7) is 3.84. The Morgan fingerprint density at radius 2 is 0.806 bits per heavy atom.